The van der Waals surface area contributed by atoms with Crippen LogP contribution in [0.1, 0.15) is 15.9 Å². The number of amides is 2. The zero-order chi connectivity index (χ0) is 19.6. The molecule has 1 aromatic carbocycles. The van der Waals surface area contributed by atoms with Gasteiger partial charge in [-0.05, 0) is 54.1 Å². The molecule has 0 saturated heterocycles. The van der Waals surface area contributed by atoms with E-state index in [4.69, 9.17) is 4.74 Å². The maximum Gasteiger partial charge on any atom is 0.271 e. The minimum Gasteiger partial charge on any atom is -0.484 e. The Hall–Kier alpha value is -4.07. The van der Waals surface area contributed by atoms with E-state index < -0.39 is 0 Å². The molecule has 2 amide bonds. The van der Waals surface area contributed by atoms with Gasteiger partial charge in [0.05, 0.1) is 6.21 Å². The third-order valence-corrected chi connectivity index (χ3v) is 3.50. The molecule has 0 unspecified atom stereocenters. The van der Waals surface area contributed by atoms with Crippen LogP contribution in [0.2, 0.25) is 0 Å². The van der Waals surface area contributed by atoms with E-state index in [0.717, 1.165) is 5.56 Å². The predicted molar refractivity (Wildman–Crippen MR) is 104 cm³/mol. The molecule has 0 aliphatic rings. The molecule has 0 aliphatic carbocycles. The predicted octanol–water partition coefficient (Wildman–Crippen LogP) is 2.26. The van der Waals surface area contributed by atoms with Crippen LogP contribution < -0.4 is 15.5 Å². The van der Waals surface area contributed by atoms with Crippen LogP contribution in [0.25, 0.3) is 0 Å². The van der Waals surface area contributed by atoms with E-state index in [1.165, 1.54) is 18.6 Å². The van der Waals surface area contributed by atoms with Crippen molar-refractivity contribution in [2.24, 2.45) is 5.10 Å². The molecule has 8 heteroatoms. The largest absolute Gasteiger partial charge is 0.484 e. The summed E-state index contributed by atoms with van der Waals surface area (Å²) < 4.78 is 5.44. The number of anilines is 1. The monoisotopic (exact) mass is 375 g/mol. The van der Waals surface area contributed by atoms with Crippen LogP contribution in [-0.2, 0) is 4.79 Å². The molecule has 2 aromatic heterocycles. The van der Waals surface area contributed by atoms with Gasteiger partial charge in [-0.15, -0.1) is 0 Å². The van der Waals surface area contributed by atoms with E-state index >= 15 is 0 Å². The van der Waals surface area contributed by atoms with Gasteiger partial charge in [-0.3, -0.25) is 14.6 Å². The molecule has 2 heterocycles. The first-order valence-corrected chi connectivity index (χ1v) is 8.38. The van der Waals surface area contributed by atoms with Crippen molar-refractivity contribution in [3.63, 3.8) is 0 Å². The first-order chi connectivity index (χ1) is 13.7. The summed E-state index contributed by atoms with van der Waals surface area (Å²) in [7, 11) is 0. The number of rotatable bonds is 7. The average molecular weight is 375 g/mol. The molecule has 8 nitrogen and oxygen atoms in total. The highest BCUT2D eigenvalue weighted by molar-refractivity contribution is 5.94. The summed E-state index contributed by atoms with van der Waals surface area (Å²) in [4.78, 5) is 31.6. The van der Waals surface area contributed by atoms with E-state index in [-0.39, 0.29) is 18.4 Å². The van der Waals surface area contributed by atoms with Gasteiger partial charge in [0.1, 0.15) is 11.6 Å². The standard InChI is InChI=1S/C20H17N5O3/c26-19(24-18-3-1-2-10-22-18)14-28-17-6-4-15(5-7-17)13-23-25-20(27)16-8-11-21-12-9-16/h1-13H,14H2,(H,25,27)(H,22,24,26)/b23-13+. The second-order valence-electron chi connectivity index (χ2n) is 5.56. The number of pyridine rings is 2. The van der Waals surface area contributed by atoms with Crippen molar-refractivity contribution >= 4 is 23.8 Å². The normalized spacial score (nSPS) is 10.4. The molecule has 3 rings (SSSR count). The number of hydrogen-bond acceptors (Lipinski definition) is 6. The van der Waals surface area contributed by atoms with Gasteiger partial charge in [0.2, 0.25) is 0 Å². The van der Waals surface area contributed by atoms with Crippen LogP contribution in [0, 0.1) is 0 Å². The van der Waals surface area contributed by atoms with Crippen LogP contribution in [0.4, 0.5) is 5.82 Å². The Labute approximate surface area is 161 Å². The number of hydrogen-bond donors (Lipinski definition) is 2. The molecule has 2 N–H and O–H groups in total. The van der Waals surface area contributed by atoms with Crippen LogP contribution in [0.5, 0.6) is 5.75 Å². The summed E-state index contributed by atoms with van der Waals surface area (Å²) >= 11 is 0. The number of hydrazone groups is 1. The maximum atomic E-state index is 11.9. The quantitative estimate of drug-likeness (QED) is 0.487. The third kappa shape index (κ3) is 5.73. The van der Waals surface area contributed by atoms with Gasteiger partial charge in [-0.1, -0.05) is 6.07 Å². The second-order valence-corrected chi connectivity index (χ2v) is 5.56. The zero-order valence-corrected chi connectivity index (χ0v) is 14.8. The number of benzene rings is 1. The zero-order valence-electron chi connectivity index (χ0n) is 14.8. The van der Waals surface area contributed by atoms with Crippen molar-refractivity contribution in [1.82, 2.24) is 15.4 Å². The van der Waals surface area contributed by atoms with Crippen molar-refractivity contribution < 1.29 is 14.3 Å². The van der Waals surface area contributed by atoms with Crippen molar-refractivity contribution in [3.8, 4) is 5.75 Å². The SMILES string of the molecule is O=C(COc1ccc(/C=N/NC(=O)c2ccncc2)cc1)Nc1ccccn1. The smallest absolute Gasteiger partial charge is 0.271 e. The summed E-state index contributed by atoms with van der Waals surface area (Å²) in [5.74, 6) is 0.381. The number of carbonyl (C=O) groups excluding carboxylic acids is 2. The van der Waals surface area contributed by atoms with Crippen molar-refractivity contribution in [2.45, 2.75) is 0 Å². The molecule has 0 atom stereocenters. The summed E-state index contributed by atoms with van der Waals surface area (Å²) in [6.45, 7) is -0.133. The van der Waals surface area contributed by atoms with Gasteiger partial charge >= 0.3 is 0 Å². The Kier molecular flexibility index (Phi) is 6.40. The molecule has 3 aromatic rings. The van der Waals surface area contributed by atoms with Gasteiger partial charge < -0.3 is 10.1 Å². The van der Waals surface area contributed by atoms with Crippen LogP contribution in [0.3, 0.4) is 0 Å². The average Bonchev–Trinajstić information content (AvgIpc) is 2.74. The molecule has 0 bridgehead atoms. The molecule has 28 heavy (non-hydrogen) atoms. The first kappa shape index (κ1) is 18.7. The van der Waals surface area contributed by atoms with Gasteiger partial charge in [0.25, 0.3) is 11.8 Å². The number of carbonyl (C=O) groups is 2. The second kappa shape index (κ2) is 9.58. The number of aromatic nitrogens is 2. The van der Waals surface area contributed by atoms with Gasteiger partial charge in [0.15, 0.2) is 6.61 Å². The van der Waals surface area contributed by atoms with Crippen LogP contribution in [-0.4, -0.2) is 34.6 Å². The van der Waals surface area contributed by atoms with Crippen molar-refractivity contribution in [3.05, 3.63) is 84.3 Å². The van der Waals surface area contributed by atoms with E-state index in [1.807, 2.05) is 0 Å². The fourth-order valence-electron chi connectivity index (χ4n) is 2.15. The Bertz CT molecular complexity index is 945. The van der Waals surface area contributed by atoms with Crippen LogP contribution >= 0.6 is 0 Å². The highest BCUT2D eigenvalue weighted by Gasteiger charge is 2.04. The Morgan fingerprint density at radius 1 is 1.00 bits per heavy atom. The lowest BCUT2D eigenvalue weighted by Gasteiger charge is -2.07. The third-order valence-electron chi connectivity index (χ3n) is 3.50. The molecule has 0 aliphatic heterocycles. The fourth-order valence-corrected chi connectivity index (χ4v) is 2.15. The molecule has 0 radical (unpaired) electrons. The Balaban J connectivity index is 1.45. The van der Waals surface area contributed by atoms with Crippen molar-refractivity contribution in [1.29, 1.82) is 0 Å². The maximum absolute atomic E-state index is 11.9. The number of nitrogens with zero attached hydrogens (tertiary/aromatic N) is 3. The van der Waals surface area contributed by atoms with E-state index in [1.54, 1.807) is 60.8 Å². The number of nitrogens with one attached hydrogen (secondary N) is 2. The Morgan fingerprint density at radius 3 is 2.50 bits per heavy atom. The van der Waals surface area contributed by atoms with E-state index in [9.17, 15) is 9.59 Å². The van der Waals surface area contributed by atoms with Gasteiger partial charge in [0, 0.05) is 24.2 Å². The van der Waals surface area contributed by atoms with Crippen molar-refractivity contribution in [2.75, 3.05) is 11.9 Å². The minimum absolute atomic E-state index is 0.133. The molecule has 140 valence electrons. The molecular weight excluding hydrogens is 358 g/mol. The molecular formula is C20H17N5O3. The first-order valence-electron chi connectivity index (χ1n) is 8.38. The molecule has 0 spiro atoms. The lowest BCUT2D eigenvalue weighted by atomic mass is 10.2. The highest BCUT2D eigenvalue weighted by atomic mass is 16.5. The fraction of sp³-hybridized carbons (Fsp3) is 0.0500. The van der Waals surface area contributed by atoms with E-state index in [2.05, 4.69) is 25.8 Å². The van der Waals surface area contributed by atoms with Gasteiger partial charge in [-0.25, -0.2) is 10.4 Å². The summed E-state index contributed by atoms with van der Waals surface area (Å²) in [5, 5.41) is 6.55. The lowest BCUT2D eigenvalue weighted by Crippen LogP contribution is -2.20. The Morgan fingerprint density at radius 2 is 1.79 bits per heavy atom. The minimum atomic E-state index is -0.322. The van der Waals surface area contributed by atoms with Crippen LogP contribution in [0.15, 0.2) is 78.3 Å². The lowest BCUT2D eigenvalue weighted by molar-refractivity contribution is -0.118. The molecule has 0 saturated carbocycles. The topological polar surface area (TPSA) is 106 Å². The highest BCUT2D eigenvalue weighted by Crippen LogP contribution is 2.11. The number of ether oxygens (including phenoxy) is 1. The summed E-state index contributed by atoms with van der Waals surface area (Å²) in [6.07, 6.45) is 6.18. The van der Waals surface area contributed by atoms with Gasteiger partial charge in [-0.2, -0.15) is 5.10 Å². The molecule has 0 fully saturated rings. The summed E-state index contributed by atoms with van der Waals surface area (Å²) in [5.41, 5.74) is 3.67. The summed E-state index contributed by atoms with van der Waals surface area (Å²) in [6, 6.07) is 15.4. The van der Waals surface area contributed by atoms with E-state index in [0.29, 0.717) is 17.1 Å².